The second kappa shape index (κ2) is 8.47. The van der Waals surface area contributed by atoms with Crippen molar-refractivity contribution in [1.82, 2.24) is 10.2 Å². The van der Waals surface area contributed by atoms with Gasteiger partial charge in [0.25, 0.3) is 0 Å². The fourth-order valence-electron chi connectivity index (χ4n) is 3.62. The summed E-state index contributed by atoms with van der Waals surface area (Å²) in [7, 11) is 0. The van der Waals surface area contributed by atoms with Crippen LogP contribution in [0.4, 0.5) is 0 Å². The molecule has 0 radical (unpaired) electrons. The molecular weight excluding hydrogens is 322 g/mol. The Morgan fingerprint density at radius 1 is 1.19 bits per heavy atom. The number of amides is 1. The second-order valence-electron chi connectivity index (χ2n) is 7.42. The van der Waals surface area contributed by atoms with Gasteiger partial charge < -0.3 is 11.1 Å². The van der Waals surface area contributed by atoms with E-state index in [9.17, 15) is 4.79 Å². The Labute approximate surface area is 156 Å². The number of rotatable bonds is 5. The lowest BCUT2D eigenvalue weighted by Crippen LogP contribution is -2.50. The van der Waals surface area contributed by atoms with E-state index in [-0.39, 0.29) is 11.9 Å². The van der Waals surface area contributed by atoms with Crippen molar-refractivity contribution >= 4 is 5.91 Å². The molecule has 26 heavy (non-hydrogen) atoms. The first-order valence-corrected chi connectivity index (χ1v) is 9.43. The molecule has 4 nitrogen and oxygen atoms in total. The number of piperidine rings is 1. The highest BCUT2D eigenvalue weighted by Gasteiger charge is 2.28. The maximum Gasteiger partial charge on any atom is 0.241 e. The van der Waals surface area contributed by atoms with Crippen molar-refractivity contribution in [3.05, 3.63) is 71.3 Å². The molecule has 3 N–H and O–H groups in total. The Kier molecular flexibility index (Phi) is 6.07. The fraction of sp³-hybridized carbons (Fsp3) is 0.409. The van der Waals surface area contributed by atoms with Crippen LogP contribution in [0.1, 0.15) is 42.5 Å². The van der Waals surface area contributed by atoms with Crippen molar-refractivity contribution in [2.24, 2.45) is 5.73 Å². The molecule has 1 heterocycles. The minimum atomic E-state index is -0.603. The van der Waals surface area contributed by atoms with Gasteiger partial charge in [0.1, 0.15) is 6.04 Å². The highest BCUT2D eigenvalue weighted by atomic mass is 16.2. The fourth-order valence-corrected chi connectivity index (χ4v) is 3.62. The molecule has 2 aromatic carbocycles. The van der Waals surface area contributed by atoms with Gasteiger partial charge in [-0.3, -0.25) is 9.69 Å². The number of hydrogen-bond acceptors (Lipinski definition) is 3. The minimum Gasteiger partial charge on any atom is -0.352 e. The lowest BCUT2D eigenvalue weighted by Gasteiger charge is -2.38. The third-order valence-corrected chi connectivity index (χ3v) is 5.31. The molecule has 3 unspecified atom stereocenters. The first-order valence-electron chi connectivity index (χ1n) is 9.43. The summed E-state index contributed by atoms with van der Waals surface area (Å²) in [5.74, 6) is -0.0810. The third kappa shape index (κ3) is 4.71. The van der Waals surface area contributed by atoms with Crippen molar-refractivity contribution in [3.63, 3.8) is 0 Å². The predicted octanol–water partition coefficient (Wildman–Crippen LogP) is 3.16. The summed E-state index contributed by atoms with van der Waals surface area (Å²) in [5.41, 5.74) is 9.51. The van der Waals surface area contributed by atoms with Gasteiger partial charge in [0.2, 0.25) is 5.91 Å². The average Bonchev–Trinajstić information content (AvgIpc) is 2.65. The standard InChI is InChI=1S/C22H29N3O/c1-16-8-10-19(11-9-16)21(23)22(26)24-20-12-13-25(17(2)14-20)15-18-6-4-3-5-7-18/h3-11,17,20-21H,12-15,23H2,1-2H3,(H,24,26). The van der Waals surface area contributed by atoms with Crippen LogP contribution in [0.25, 0.3) is 0 Å². The second-order valence-corrected chi connectivity index (χ2v) is 7.42. The quantitative estimate of drug-likeness (QED) is 0.870. The molecule has 0 spiro atoms. The zero-order valence-corrected chi connectivity index (χ0v) is 15.7. The Morgan fingerprint density at radius 3 is 2.54 bits per heavy atom. The molecule has 138 valence electrons. The summed E-state index contributed by atoms with van der Waals surface area (Å²) < 4.78 is 0. The molecule has 0 saturated carbocycles. The summed E-state index contributed by atoms with van der Waals surface area (Å²) >= 11 is 0. The van der Waals surface area contributed by atoms with Crippen LogP contribution in [-0.4, -0.2) is 29.4 Å². The van der Waals surface area contributed by atoms with E-state index in [1.54, 1.807) is 0 Å². The van der Waals surface area contributed by atoms with E-state index in [2.05, 4.69) is 41.4 Å². The predicted molar refractivity (Wildman–Crippen MR) is 106 cm³/mol. The SMILES string of the molecule is Cc1ccc(C(N)C(=O)NC2CCN(Cc3ccccc3)C(C)C2)cc1. The summed E-state index contributed by atoms with van der Waals surface area (Å²) in [6.45, 7) is 6.22. The Hall–Kier alpha value is -2.17. The van der Waals surface area contributed by atoms with Gasteiger partial charge in [0, 0.05) is 25.2 Å². The van der Waals surface area contributed by atoms with Crippen LogP contribution in [0.15, 0.2) is 54.6 Å². The first kappa shape index (κ1) is 18.6. The number of benzene rings is 2. The molecule has 1 amide bonds. The van der Waals surface area contributed by atoms with Gasteiger partial charge in [0.15, 0.2) is 0 Å². The van der Waals surface area contributed by atoms with Crippen LogP contribution in [0.5, 0.6) is 0 Å². The maximum absolute atomic E-state index is 12.5. The van der Waals surface area contributed by atoms with Gasteiger partial charge in [-0.2, -0.15) is 0 Å². The number of aryl methyl sites for hydroxylation is 1. The summed E-state index contributed by atoms with van der Waals surface area (Å²) in [6, 6.07) is 18.4. The van der Waals surface area contributed by atoms with E-state index in [1.165, 1.54) is 11.1 Å². The molecule has 1 saturated heterocycles. The summed E-state index contributed by atoms with van der Waals surface area (Å²) in [5, 5.41) is 3.16. The smallest absolute Gasteiger partial charge is 0.241 e. The highest BCUT2D eigenvalue weighted by molar-refractivity contribution is 5.83. The normalized spacial score (nSPS) is 22.0. The summed E-state index contributed by atoms with van der Waals surface area (Å²) in [4.78, 5) is 15.0. The first-order chi connectivity index (χ1) is 12.5. The van der Waals surface area contributed by atoms with Gasteiger partial charge >= 0.3 is 0 Å². The molecule has 0 aliphatic carbocycles. The number of carbonyl (C=O) groups excluding carboxylic acids is 1. The van der Waals surface area contributed by atoms with E-state index in [1.807, 2.05) is 37.3 Å². The number of nitrogens with zero attached hydrogens (tertiary/aromatic N) is 1. The number of nitrogens with two attached hydrogens (primary N) is 1. The molecule has 2 aromatic rings. The molecular formula is C22H29N3O. The number of hydrogen-bond donors (Lipinski definition) is 2. The number of likely N-dealkylation sites (tertiary alicyclic amines) is 1. The number of carbonyl (C=O) groups is 1. The molecule has 4 heteroatoms. The molecule has 0 aromatic heterocycles. The van der Waals surface area contributed by atoms with Gasteiger partial charge in [-0.15, -0.1) is 0 Å². The molecule has 0 bridgehead atoms. The van der Waals surface area contributed by atoms with E-state index < -0.39 is 6.04 Å². The summed E-state index contributed by atoms with van der Waals surface area (Å²) in [6.07, 6.45) is 1.92. The van der Waals surface area contributed by atoms with E-state index in [0.717, 1.165) is 31.5 Å². The molecule has 3 atom stereocenters. The molecule has 1 fully saturated rings. The van der Waals surface area contributed by atoms with Gasteiger partial charge in [-0.1, -0.05) is 60.2 Å². The van der Waals surface area contributed by atoms with Crippen LogP contribution >= 0.6 is 0 Å². The van der Waals surface area contributed by atoms with Crippen molar-refractivity contribution in [2.75, 3.05) is 6.54 Å². The van der Waals surface area contributed by atoms with Crippen LogP contribution < -0.4 is 11.1 Å². The van der Waals surface area contributed by atoms with Gasteiger partial charge in [-0.05, 0) is 37.8 Å². The zero-order valence-electron chi connectivity index (χ0n) is 15.7. The number of nitrogens with one attached hydrogen (secondary N) is 1. The molecule has 1 aliphatic rings. The van der Waals surface area contributed by atoms with Crippen LogP contribution in [-0.2, 0) is 11.3 Å². The van der Waals surface area contributed by atoms with Gasteiger partial charge in [-0.25, -0.2) is 0 Å². The molecule has 1 aliphatic heterocycles. The zero-order chi connectivity index (χ0) is 18.5. The van der Waals surface area contributed by atoms with Crippen LogP contribution in [0, 0.1) is 6.92 Å². The van der Waals surface area contributed by atoms with Crippen molar-refractivity contribution in [2.45, 2.75) is 51.4 Å². The Balaban J connectivity index is 1.52. The largest absolute Gasteiger partial charge is 0.352 e. The minimum absolute atomic E-state index is 0.0810. The van der Waals surface area contributed by atoms with E-state index in [0.29, 0.717) is 6.04 Å². The van der Waals surface area contributed by atoms with E-state index >= 15 is 0 Å². The van der Waals surface area contributed by atoms with Crippen molar-refractivity contribution in [3.8, 4) is 0 Å². The lowest BCUT2D eigenvalue weighted by atomic mass is 9.96. The van der Waals surface area contributed by atoms with Crippen LogP contribution in [0.2, 0.25) is 0 Å². The third-order valence-electron chi connectivity index (χ3n) is 5.31. The molecule has 3 rings (SSSR count). The van der Waals surface area contributed by atoms with Crippen LogP contribution in [0.3, 0.4) is 0 Å². The monoisotopic (exact) mass is 351 g/mol. The lowest BCUT2D eigenvalue weighted by molar-refractivity contribution is -0.123. The highest BCUT2D eigenvalue weighted by Crippen LogP contribution is 2.21. The van der Waals surface area contributed by atoms with Crippen molar-refractivity contribution in [1.29, 1.82) is 0 Å². The van der Waals surface area contributed by atoms with Gasteiger partial charge in [0.05, 0.1) is 0 Å². The Bertz CT molecular complexity index is 714. The van der Waals surface area contributed by atoms with Crippen molar-refractivity contribution < 1.29 is 4.79 Å². The maximum atomic E-state index is 12.5. The van der Waals surface area contributed by atoms with E-state index in [4.69, 9.17) is 5.73 Å². The average molecular weight is 351 g/mol. The topological polar surface area (TPSA) is 58.4 Å². The Morgan fingerprint density at radius 2 is 1.88 bits per heavy atom.